The van der Waals surface area contributed by atoms with Crippen LogP contribution in [0.5, 0.6) is 0 Å². The number of aliphatic hydroxyl groups is 1. The first-order valence-corrected chi connectivity index (χ1v) is 12.5. The fourth-order valence-corrected chi connectivity index (χ4v) is 4.97. The predicted octanol–water partition coefficient (Wildman–Crippen LogP) is 2.37. The highest BCUT2D eigenvalue weighted by molar-refractivity contribution is 7.98. The van der Waals surface area contributed by atoms with Gasteiger partial charge in [-0.2, -0.15) is 0 Å². The maximum atomic E-state index is 13.1. The molecule has 0 bridgehead atoms. The number of likely N-dealkylation sites (tertiary alicyclic amines) is 1. The highest BCUT2D eigenvalue weighted by atomic mass is 32.2. The summed E-state index contributed by atoms with van der Waals surface area (Å²) >= 11 is 6.78. The number of rotatable bonds is 4. The van der Waals surface area contributed by atoms with E-state index >= 15 is 0 Å². The van der Waals surface area contributed by atoms with E-state index in [9.17, 15) is 14.7 Å². The Hall–Kier alpha value is -3.15. The number of pyridine rings is 3. The van der Waals surface area contributed by atoms with Gasteiger partial charge in [0, 0.05) is 37.1 Å². The number of thiocarbonyl (C=S) groups is 1. The summed E-state index contributed by atoms with van der Waals surface area (Å²) < 4.78 is 1.64. The fraction of sp³-hybridized carbons (Fsp3) is 0.304. The second-order valence-corrected chi connectivity index (χ2v) is 9.37. The van der Waals surface area contributed by atoms with Gasteiger partial charge in [0.05, 0.1) is 33.7 Å². The Kier molecular flexibility index (Phi) is 6.15. The molecule has 0 atom stereocenters. The van der Waals surface area contributed by atoms with Crippen LogP contribution in [0.25, 0.3) is 33.2 Å². The molecule has 1 fully saturated rings. The molecular weight excluding hydrogens is 472 g/mol. The highest BCUT2D eigenvalue weighted by Gasteiger charge is 2.25. The number of aromatic amines is 1. The Morgan fingerprint density at radius 1 is 1.18 bits per heavy atom. The van der Waals surface area contributed by atoms with Gasteiger partial charge in [-0.1, -0.05) is 12.2 Å². The molecule has 0 aliphatic carbocycles. The molecule has 2 N–H and O–H groups in total. The van der Waals surface area contributed by atoms with Gasteiger partial charge in [-0.15, -0.1) is 11.8 Å². The highest BCUT2D eigenvalue weighted by Crippen LogP contribution is 2.29. The third-order valence-corrected chi connectivity index (χ3v) is 7.22. The van der Waals surface area contributed by atoms with E-state index < -0.39 is 11.2 Å². The Balaban J connectivity index is 1.67. The van der Waals surface area contributed by atoms with Gasteiger partial charge in [0.15, 0.2) is 0 Å². The average Bonchev–Trinajstić information content (AvgIpc) is 2.88. The van der Waals surface area contributed by atoms with E-state index in [-0.39, 0.29) is 12.6 Å². The molecule has 0 spiro atoms. The average molecular weight is 495 g/mol. The zero-order valence-corrected chi connectivity index (χ0v) is 20.0. The number of nitrogens with one attached hydrogen (secondary N) is 1. The van der Waals surface area contributed by atoms with Gasteiger partial charge in [-0.05, 0) is 43.4 Å². The zero-order valence-electron chi connectivity index (χ0n) is 18.4. The maximum absolute atomic E-state index is 13.1. The van der Waals surface area contributed by atoms with Crippen molar-refractivity contribution in [1.29, 1.82) is 0 Å². The van der Waals surface area contributed by atoms with Crippen molar-refractivity contribution in [2.45, 2.75) is 23.9 Å². The van der Waals surface area contributed by atoms with Crippen LogP contribution >= 0.6 is 24.0 Å². The van der Waals surface area contributed by atoms with Crippen molar-refractivity contribution in [3.05, 3.63) is 57.5 Å². The SMILES string of the molecule is CSc1ccc(-c2ccc3ncc4c(=O)[nH]c(=O)n(C5CCN(C(=S)CO)CC5)c4c3n2)cn1. The van der Waals surface area contributed by atoms with E-state index in [2.05, 4.69) is 15.0 Å². The van der Waals surface area contributed by atoms with Crippen molar-refractivity contribution in [2.24, 2.45) is 0 Å². The Morgan fingerprint density at radius 2 is 1.97 bits per heavy atom. The first-order chi connectivity index (χ1) is 16.5. The normalized spacial score (nSPS) is 14.7. The van der Waals surface area contributed by atoms with E-state index in [4.69, 9.17) is 17.2 Å². The predicted molar refractivity (Wildman–Crippen MR) is 136 cm³/mol. The molecule has 4 aromatic rings. The molecule has 1 aliphatic rings. The number of aromatic nitrogens is 5. The third-order valence-electron chi connectivity index (χ3n) is 6.17. The van der Waals surface area contributed by atoms with E-state index in [0.717, 1.165) is 10.6 Å². The molecule has 0 unspecified atom stereocenters. The number of fused-ring (bicyclic) bond motifs is 3. The van der Waals surface area contributed by atoms with Gasteiger partial charge in [0.1, 0.15) is 10.5 Å². The van der Waals surface area contributed by atoms with Gasteiger partial charge in [0.25, 0.3) is 5.56 Å². The summed E-state index contributed by atoms with van der Waals surface area (Å²) in [5.74, 6) is 0. The van der Waals surface area contributed by atoms with Crippen molar-refractivity contribution in [2.75, 3.05) is 26.0 Å². The number of hydrogen-bond donors (Lipinski definition) is 2. The lowest BCUT2D eigenvalue weighted by molar-refractivity contribution is 0.251. The molecule has 34 heavy (non-hydrogen) atoms. The third kappa shape index (κ3) is 3.99. The number of hydrogen-bond acceptors (Lipinski definition) is 8. The smallest absolute Gasteiger partial charge is 0.329 e. The molecule has 0 aromatic carbocycles. The summed E-state index contributed by atoms with van der Waals surface area (Å²) in [5, 5.41) is 10.6. The van der Waals surface area contributed by atoms with Crippen LogP contribution in [0.1, 0.15) is 18.9 Å². The van der Waals surface area contributed by atoms with Crippen molar-refractivity contribution < 1.29 is 5.11 Å². The van der Waals surface area contributed by atoms with Crippen LogP contribution in [0.4, 0.5) is 0 Å². The van der Waals surface area contributed by atoms with Gasteiger partial charge < -0.3 is 10.0 Å². The molecule has 4 aromatic heterocycles. The molecule has 5 rings (SSSR count). The van der Waals surface area contributed by atoms with Gasteiger partial charge in [0.2, 0.25) is 0 Å². The van der Waals surface area contributed by atoms with E-state index in [1.165, 1.54) is 6.20 Å². The zero-order chi connectivity index (χ0) is 23.8. The summed E-state index contributed by atoms with van der Waals surface area (Å²) in [6.07, 6.45) is 6.51. The lowest BCUT2D eigenvalue weighted by Crippen LogP contribution is -2.42. The van der Waals surface area contributed by atoms with Gasteiger partial charge in [-0.3, -0.25) is 19.3 Å². The number of H-pyrrole nitrogens is 1. The van der Waals surface area contributed by atoms with E-state index in [1.807, 2.05) is 35.4 Å². The summed E-state index contributed by atoms with van der Waals surface area (Å²) in [4.78, 5) is 44.3. The van der Waals surface area contributed by atoms with Crippen LogP contribution in [0.2, 0.25) is 0 Å². The quantitative estimate of drug-likeness (QED) is 0.250. The van der Waals surface area contributed by atoms with E-state index in [1.54, 1.807) is 22.5 Å². The number of piperidine rings is 1. The minimum absolute atomic E-state index is 0.150. The largest absolute Gasteiger partial charge is 0.389 e. The first kappa shape index (κ1) is 22.6. The van der Waals surface area contributed by atoms with Gasteiger partial charge >= 0.3 is 5.69 Å². The number of nitrogens with zero attached hydrogens (tertiary/aromatic N) is 5. The van der Waals surface area contributed by atoms with Crippen molar-refractivity contribution in [1.82, 2.24) is 29.4 Å². The van der Waals surface area contributed by atoms with Gasteiger partial charge in [-0.25, -0.2) is 14.8 Å². The van der Waals surface area contributed by atoms with Crippen molar-refractivity contribution >= 4 is 50.9 Å². The molecule has 11 heteroatoms. The van der Waals surface area contributed by atoms with Crippen LogP contribution < -0.4 is 11.2 Å². The summed E-state index contributed by atoms with van der Waals surface area (Å²) in [6.45, 7) is 1.07. The molecule has 5 heterocycles. The summed E-state index contributed by atoms with van der Waals surface area (Å²) in [6, 6.07) is 7.44. The second-order valence-electron chi connectivity index (χ2n) is 8.07. The van der Waals surface area contributed by atoms with Crippen LogP contribution in [0.15, 0.2) is 51.3 Å². The van der Waals surface area contributed by atoms with E-state index in [0.29, 0.717) is 58.5 Å². The van der Waals surface area contributed by atoms with Crippen LogP contribution in [0.3, 0.4) is 0 Å². The minimum atomic E-state index is -0.484. The molecule has 0 radical (unpaired) electrons. The summed E-state index contributed by atoms with van der Waals surface area (Å²) in [7, 11) is 0. The Labute approximate surface area is 203 Å². The standard InChI is InChI=1S/C23H22N6O3S2/c1-34-18-5-2-13(10-25-18)16-3-4-17-20(26-16)21-15(11-24-17)22(31)27-23(32)29(21)14-6-8-28(9-7-14)19(33)12-30/h2-5,10-11,14,30H,6-9,12H2,1H3,(H,27,31,32). The lowest BCUT2D eigenvalue weighted by Gasteiger charge is -2.34. The van der Waals surface area contributed by atoms with Crippen molar-refractivity contribution in [3.8, 4) is 11.3 Å². The molecule has 0 amide bonds. The van der Waals surface area contributed by atoms with Crippen LogP contribution in [-0.4, -0.2) is 65.5 Å². The maximum Gasteiger partial charge on any atom is 0.329 e. The second kappa shape index (κ2) is 9.24. The van der Waals surface area contributed by atoms with Crippen LogP contribution in [-0.2, 0) is 0 Å². The summed E-state index contributed by atoms with van der Waals surface area (Å²) in [5.41, 5.74) is 2.15. The molecular formula is C23H22N6O3S2. The van der Waals surface area contributed by atoms with Crippen LogP contribution in [0, 0.1) is 0 Å². The molecule has 1 aliphatic heterocycles. The molecule has 0 saturated carbocycles. The minimum Gasteiger partial charge on any atom is -0.389 e. The lowest BCUT2D eigenvalue weighted by atomic mass is 10.0. The Morgan fingerprint density at radius 3 is 2.65 bits per heavy atom. The monoisotopic (exact) mass is 494 g/mol. The fourth-order valence-electron chi connectivity index (χ4n) is 4.42. The molecule has 1 saturated heterocycles. The molecule has 9 nitrogen and oxygen atoms in total. The molecule has 174 valence electrons. The topological polar surface area (TPSA) is 117 Å². The Bertz CT molecular complexity index is 1510. The number of aliphatic hydroxyl groups excluding tert-OH is 1. The first-order valence-electron chi connectivity index (χ1n) is 10.8. The number of thioether (sulfide) groups is 1. The van der Waals surface area contributed by atoms with Crippen molar-refractivity contribution in [3.63, 3.8) is 0 Å².